The number of ether oxygens (including phenoxy) is 1. The molecular formula is C20H16O3. The number of hydrogen-bond donors (Lipinski definition) is 1. The van der Waals surface area contributed by atoms with E-state index in [4.69, 9.17) is 4.74 Å². The van der Waals surface area contributed by atoms with E-state index in [9.17, 15) is 9.90 Å². The maximum absolute atomic E-state index is 11.5. The van der Waals surface area contributed by atoms with Gasteiger partial charge in [-0.3, -0.25) is 0 Å². The molecule has 0 saturated carbocycles. The quantitative estimate of drug-likeness (QED) is 0.710. The minimum Gasteiger partial charge on any atom is -0.496 e. The summed E-state index contributed by atoms with van der Waals surface area (Å²) in [6.07, 6.45) is 3.71. The van der Waals surface area contributed by atoms with E-state index >= 15 is 0 Å². The van der Waals surface area contributed by atoms with Crippen LogP contribution in [0.5, 0.6) is 5.75 Å². The summed E-state index contributed by atoms with van der Waals surface area (Å²) >= 11 is 0. The van der Waals surface area contributed by atoms with Crippen molar-refractivity contribution in [3.05, 3.63) is 77.4 Å². The third-order valence-electron chi connectivity index (χ3n) is 3.72. The molecule has 1 N–H and O–H groups in total. The third-order valence-corrected chi connectivity index (χ3v) is 3.72. The van der Waals surface area contributed by atoms with Gasteiger partial charge >= 0.3 is 5.97 Å². The number of carbonyl (C=O) groups is 1. The predicted octanol–water partition coefficient (Wildman–Crippen LogP) is 4.72. The Morgan fingerprint density at radius 2 is 1.74 bits per heavy atom. The Kier molecular flexibility index (Phi) is 4.11. The van der Waals surface area contributed by atoms with Crippen molar-refractivity contribution in [2.45, 2.75) is 0 Å². The molecule has 0 aromatic heterocycles. The summed E-state index contributed by atoms with van der Waals surface area (Å²) in [5.74, 6) is -0.640. The largest absolute Gasteiger partial charge is 0.496 e. The first kappa shape index (κ1) is 14.9. The van der Waals surface area contributed by atoms with Crippen LogP contribution in [-0.4, -0.2) is 18.2 Å². The molecule has 23 heavy (non-hydrogen) atoms. The van der Waals surface area contributed by atoms with Crippen molar-refractivity contribution in [1.29, 1.82) is 0 Å². The molecule has 0 bridgehead atoms. The highest BCUT2D eigenvalue weighted by Gasteiger charge is 2.14. The van der Waals surface area contributed by atoms with Crippen molar-refractivity contribution in [2.75, 3.05) is 7.11 Å². The zero-order valence-electron chi connectivity index (χ0n) is 12.7. The summed E-state index contributed by atoms with van der Waals surface area (Å²) in [5.41, 5.74) is 1.81. The molecule has 0 unspecified atom stereocenters. The van der Waals surface area contributed by atoms with Crippen molar-refractivity contribution in [3.8, 4) is 5.75 Å². The van der Waals surface area contributed by atoms with Crippen molar-refractivity contribution < 1.29 is 14.6 Å². The molecule has 3 rings (SSSR count). The summed E-state index contributed by atoms with van der Waals surface area (Å²) < 4.78 is 5.14. The fourth-order valence-electron chi connectivity index (χ4n) is 2.58. The van der Waals surface area contributed by atoms with Gasteiger partial charge in [0.25, 0.3) is 0 Å². The summed E-state index contributed by atoms with van der Waals surface area (Å²) in [6.45, 7) is 0. The van der Waals surface area contributed by atoms with Crippen LogP contribution < -0.4 is 4.74 Å². The monoisotopic (exact) mass is 304 g/mol. The zero-order valence-corrected chi connectivity index (χ0v) is 12.7. The molecule has 0 saturated heterocycles. The molecule has 0 radical (unpaired) electrons. The molecule has 0 heterocycles. The fourth-order valence-corrected chi connectivity index (χ4v) is 2.58. The van der Waals surface area contributed by atoms with Crippen molar-refractivity contribution in [1.82, 2.24) is 0 Å². The lowest BCUT2D eigenvalue weighted by atomic mass is 10.0. The molecule has 0 spiro atoms. The smallest absolute Gasteiger partial charge is 0.340 e. The second kappa shape index (κ2) is 6.36. The van der Waals surface area contributed by atoms with Crippen LogP contribution in [0.3, 0.4) is 0 Å². The summed E-state index contributed by atoms with van der Waals surface area (Å²) in [5, 5.41) is 11.7. The maximum atomic E-state index is 11.5. The first-order valence-corrected chi connectivity index (χ1v) is 7.26. The van der Waals surface area contributed by atoms with Gasteiger partial charge in [-0.05, 0) is 34.0 Å². The minimum atomic E-state index is -0.999. The van der Waals surface area contributed by atoms with Gasteiger partial charge in [0.1, 0.15) is 11.3 Å². The van der Waals surface area contributed by atoms with Crippen LogP contribution in [-0.2, 0) is 0 Å². The Bertz CT molecular complexity index is 894. The van der Waals surface area contributed by atoms with Crippen molar-refractivity contribution >= 4 is 28.9 Å². The molecule has 3 aromatic carbocycles. The van der Waals surface area contributed by atoms with E-state index in [0.29, 0.717) is 11.3 Å². The van der Waals surface area contributed by atoms with Crippen LogP contribution >= 0.6 is 0 Å². The average Bonchev–Trinajstić information content (AvgIpc) is 2.59. The van der Waals surface area contributed by atoms with E-state index in [2.05, 4.69) is 24.3 Å². The fraction of sp³-hybridized carbons (Fsp3) is 0.0500. The molecule has 0 aliphatic rings. The number of aromatic carboxylic acids is 1. The standard InChI is InChI=1S/C20H16O3/c1-23-18-8-4-7-16(19(18)20(21)22)12-10-14-9-11-15-5-2-3-6-17(15)13-14/h2-13H,1H3,(H,21,22)/b12-10+. The van der Waals surface area contributed by atoms with Crippen LogP contribution in [0.25, 0.3) is 22.9 Å². The van der Waals surface area contributed by atoms with E-state index in [1.807, 2.05) is 24.3 Å². The molecule has 3 aromatic rings. The second-order valence-electron chi connectivity index (χ2n) is 5.17. The van der Waals surface area contributed by atoms with Gasteiger partial charge in [-0.15, -0.1) is 0 Å². The number of carboxylic acid groups (broad SMARTS) is 1. The lowest BCUT2D eigenvalue weighted by Gasteiger charge is -2.07. The van der Waals surface area contributed by atoms with Gasteiger partial charge in [0, 0.05) is 0 Å². The van der Waals surface area contributed by atoms with Gasteiger partial charge in [0.15, 0.2) is 0 Å². The van der Waals surface area contributed by atoms with Gasteiger partial charge in [-0.1, -0.05) is 60.7 Å². The molecular weight excluding hydrogens is 288 g/mol. The highest BCUT2D eigenvalue weighted by atomic mass is 16.5. The predicted molar refractivity (Wildman–Crippen MR) is 92.8 cm³/mol. The average molecular weight is 304 g/mol. The highest BCUT2D eigenvalue weighted by molar-refractivity contribution is 5.96. The van der Waals surface area contributed by atoms with Gasteiger partial charge < -0.3 is 9.84 Å². The Morgan fingerprint density at radius 3 is 2.48 bits per heavy atom. The van der Waals surface area contributed by atoms with Gasteiger partial charge in [-0.2, -0.15) is 0 Å². The van der Waals surface area contributed by atoms with E-state index in [-0.39, 0.29) is 5.56 Å². The Hall–Kier alpha value is -3.07. The van der Waals surface area contributed by atoms with Crippen LogP contribution in [0, 0.1) is 0 Å². The summed E-state index contributed by atoms with van der Waals surface area (Å²) in [4.78, 5) is 11.5. The Balaban J connectivity index is 2.00. The molecule has 0 atom stereocenters. The SMILES string of the molecule is COc1cccc(/C=C/c2ccc3ccccc3c2)c1C(=O)O. The van der Waals surface area contributed by atoms with Gasteiger partial charge in [0.2, 0.25) is 0 Å². The molecule has 0 aliphatic heterocycles. The number of hydrogen-bond acceptors (Lipinski definition) is 2. The highest BCUT2D eigenvalue weighted by Crippen LogP contribution is 2.24. The normalized spacial score (nSPS) is 11.0. The summed E-state index contributed by atoms with van der Waals surface area (Å²) in [6, 6.07) is 19.5. The molecule has 3 heteroatoms. The molecule has 3 nitrogen and oxygen atoms in total. The van der Waals surface area contributed by atoms with Crippen molar-refractivity contribution in [3.63, 3.8) is 0 Å². The molecule has 0 fully saturated rings. The Morgan fingerprint density at radius 1 is 0.957 bits per heavy atom. The number of methoxy groups -OCH3 is 1. The lowest BCUT2D eigenvalue weighted by molar-refractivity contribution is 0.0693. The first-order valence-electron chi connectivity index (χ1n) is 7.26. The van der Waals surface area contributed by atoms with Crippen LogP contribution in [0.1, 0.15) is 21.5 Å². The summed E-state index contributed by atoms with van der Waals surface area (Å²) in [7, 11) is 1.47. The van der Waals surface area contributed by atoms with E-state index in [0.717, 1.165) is 10.9 Å². The third kappa shape index (κ3) is 3.09. The maximum Gasteiger partial charge on any atom is 0.340 e. The van der Waals surface area contributed by atoms with E-state index in [1.54, 1.807) is 24.3 Å². The Labute approximate surface area is 134 Å². The molecule has 0 amide bonds. The second-order valence-corrected chi connectivity index (χ2v) is 5.17. The van der Waals surface area contributed by atoms with Crippen molar-refractivity contribution in [2.24, 2.45) is 0 Å². The van der Waals surface area contributed by atoms with Crippen LogP contribution in [0.2, 0.25) is 0 Å². The number of fused-ring (bicyclic) bond motifs is 1. The van der Waals surface area contributed by atoms with Gasteiger partial charge in [0.05, 0.1) is 7.11 Å². The number of benzene rings is 3. The van der Waals surface area contributed by atoms with Crippen LogP contribution in [0.15, 0.2) is 60.7 Å². The number of carboxylic acids is 1. The van der Waals surface area contributed by atoms with E-state index in [1.165, 1.54) is 12.5 Å². The number of rotatable bonds is 4. The molecule has 114 valence electrons. The topological polar surface area (TPSA) is 46.5 Å². The minimum absolute atomic E-state index is 0.173. The first-order chi connectivity index (χ1) is 11.2. The molecule has 0 aliphatic carbocycles. The van der Waals surface area contributed by atoms with Crippen LogP contribution in [0.4, 0.5) is 0 Å². The van der Waals surface area contributed by atoms with E-state index < -0.39 is 5.97 Å². The zero-order chi connectivity index (χ0) is 16.2. The van der Waals surface area contributed by atoms with Gasteiger partial charge in [-0.25, -0.2) is 4.79 Å². The lowest BCUT2D eigenvalue weighted by Crippen LogP contribution is -2.02.